The van der Waals surface area contributed by atoms with Crippen LogP contribution in [-0.4, -0.2) is 88.4 Å². The molecule has 0 aromatic heterocycles. The maximum Gasteiger partial charge on any atom is 0.416 e. The highest BCUT2D eigenvalue weighted by Gasteiger charge is 2.38. The molecule has 11 heteroatoms. The standard InChI is InChI=1S/C23H33F3N2O2.C15H28N2O2/c1-22(2,3)30-21(29)27-14-8-12-19(16-27)28(18-10-5-6-11-18)15-17-9-4-7-13-20(17)23(24,25)26;1-15(2,3)19-14(18)17-10-6-9-13(11-17)16-12-7-4-5-8-12/h4,7,9,13,18-19H,5-6,8,10-12,14-16H2,1-3H3;12-13,16H,4-11H2,1-3H3/t19-;13-/m00/s1. The number of carbonyl (C=O) groups is 2. The number of nitrogens with zero attached hydrogens (tertiary/aromatic N) is 3. The van der Waals surface area contributed by atoms with Crippen molar-refractivity contribution in [2.75, 3.05) is 26.2 Å². The van der Waals surface area contributed by atoms with Gasteiger partial charge in [0.05, 0.1) is 5.56 Å². The molecule has 2 atom stereocenters. The Labute approximate surface area is 292 Å². The van der Waals surface area contributed by atoms with Crippen LogP contribution in [0.5, 0.6) is 0 Å². The number of benzene rings is 1. The first-order valence-corrected chi connectivity index (χ1v) is 18.6. The Kier molecular flexibility index (Phi) is 13.7. The van der Waals surface area contributed by atoms with E-state index in [1.807, 2.05) is 46.4 Å². The summed E-state index contributed by atoms with van der Waals surface area (Å²) in [4.78, 5) is 30.5. The Hall–Kier alpha value is -2.53. The summed E-state index contributed by atoms with van der Waals surface area (Å²) in [6.07, 6.45) is 8.57. The van der Waals surface area contributed by atoms with Crippen molar-refractivity contribution in [2.24, 2.45) is 0 Å². The molecule has 0 radical (unpaired) electrons. The third-order valence-electron chi connectivity index (χ3n) is 9.89. The molecule has 1 N–H and O–H groups in total. The maximum absolute atomic E-state index is 13.6. The van der Waals surface area contributed by atoms with Crippen LogP contribution in [0.4, 0.5) is 22.8 Å². The van der Waals surface area contributed by atoms with Crippen molar-refractivity contribution in [3.63, 3.8) is 0 Å². The Bertz CT molecular complexity index is 1200. The first-order chi connectivity index (χ1) is 23.0. The zero-order chi connectivity index (χ0) is 35.8. The lowest BCUT2D eigenvalue weighted by atomic mass is 9.98. The minimum Gasteiger partial charge on any atom is -0.444 e. The Morgan fingerprint density at radius 3 is 1.78 bits per heavy atom. The minimum absolute atomic E-state index is 0.0376. The molecule has 2 aliphatic carbocycles. The lowest BCUT2D eigenvalue weighted by Crippen LogP contribution is -2.53. The molecule has 5 rings (SSSR count). The summed E-state index contributed by atoms with van der Waals surface area (Å²) in [5.74, 6) is 0. The number of halogens is 3. The first-order valence-electron chi connectivity index (χ1n) is 18.6. The van der Waals surface area contributed by atoms with Gasteiger partial charge in [0.1, 0.15) is 11.2 Å². The van der Waals surface area contributed by atoms with Crippen molar-refractivity contribution in [1.82, 2.24) is 20.0 Å². The second kappa shape index (κ2) is 17.1. The van der Waals surface area contributed by atoms with E-state index in [2.05, 4.69) is 10.2 Å². The van der Waals surface area contributed by atoms with Gasteiger partial charge in [-0.15, -0.1) is 0 Å². The molecule has 49 heavy (non-hydrogen) atoms. The normalized spacial score (nSPS) is 23.0. The molecule has 4 aliphatic rings. The number of rotatable bonds is 6. The van der Waals surface area contributed by atoms with Crippen molar-refractivity contribution in [1.29, 1.82) is 0 Å². The molecule has 4 fully saturated rings. The lowest BCUT2D eigenvalue weighted by molar-refractivity contribution is -0.138. The number of alkyl halides is 3. The molecule has 1 aromatic rings. The van der Waals surface area contributed by atoms with E-state index >= 15 is 0 Å². The van der Waals surface area contributed by atoms with Gasteiger partial charge in [0.2, 0.25) is 0 Å². The Morgan fingerprint density at radius 1 is 0.714 bits per heavy atom. The van der Waals surface area contributed by atoms with E-state index in [-0.39, 0.29) is 30.8 Å². The van der Waals surface area contributed by atoms with E-state index in [9.17, 15) is 22.8 Å². The maximum atomic E-state index is 13.6. The van der Waals surface area contributed by atoms with Crippen molar-refractivity contribution < 1.29 is 32.2 Å². The number of piperidine rings is 2. The van der Waals surface area contributed by atoms with Gasteiger partial charge in [0, 0.05) is 56.9 Å². The third kappa shape index (κ3) is 12.6. The van der Waals surface area contributed by atoms with Gasteiger partial charge in [-0.05, 0) is 105 Å². The zero-order valence-corrected chi connectivity index (χ0v) is 30.7. The van der Waals surface area contributed by atoms with E-state index in [4.69, 9.17) is 9.47 Å². The summed E-state index contributed by atoms with van der Waals surface area (Å²) in [5, 5.41) is 3.72. The van der Waals surface area contributed by atoms with Gasteiger partial charge in [0.15, 0.2) is 0 Å². The summed E-state index contributed by atoms with van der Waals surface area (Å²) in [7, 11) is 0. The largest absolute Gasteiger partial charge is 0.444 e. The monoisotopic (exact) mass is 694 g/mol. The summed E-state index contributed by atoms with van der Waals surface area (Å²) < 4.78 is 51.7. The number of hydrogen-bond donors (Lipinski definition) is 1. The van der Waals surface area contributed by atoms with Crippen molar-refractivity contribution in [3.05, 3.63) is 35.4 Å². The summed E-state index contributed by atoms with van der Waals surface area (Å²) in [6.45, 7) is 14.3. The summed E-state index contributed by atoms with van der Waals surface area (Å²) >= 11 is 0. The zero-order valence-electron chi connectivity index (χ0n) is 30.7. The predicted octanol–water partition coefficient (Wildman–Crippen LogP) is 8.77. The molecule has 2 heterocycles. The average molecular weight is 695 g/mol. The van der Waals surface area contributed by atoms with E-state index in [1.54, 1.807) is 17.0 Å². The average Bonchev–Trinajstić information content (AvgIpc) is 3.74. The quantitative estimate of drug-likeness (QED) is 0.321. The van der Waals surface area contributed by atoms with Gasteiger partial charge in [-0.3, -0.25) is 4.90 Å². The van der Waals surface area contributed by atoms with Crippen molar-refractivity contribution in [2.45, 2.75) is 167 Å². The van der Waals surface area contributed by atoms with E-state index in [1.165, 1.54) is 38.2 Å². The van der Waals surface area contributed by atoms with Crippen LogP contribution in [-0.2, 0) is 22.2 Å². The topological polar surface area (TPSA) is 74.4 Å². The predicted molar refractivity (Wildman–Crippen MR) is 186 cm³/mol. The SMILES string of the molecule is CC(C)(C)OC(=O)N1CCC[C@H](N(Cc2ccccc2C(F)(F)F)C2CCCC2)C1.CC(C)(C)OC(=O)N1CCC[C@H](NC2CCCC2)C1. The van der Waals surface area contributed by atoms with Crippen LogP contribution in [0, 0.1) is 0 Å². The van der Waals surface area contributed by atoms with Crippen LogP contribution < -0.4 is 5.32 Å². The molecular formula is C38H61F3N4O4. The molecule has 0 spiro atoms. The number of hydrogen-bond acceptors (Lipinski definition) is 6. The molecule has 0 bridgehead atoms. The highest BCUT2D eigenvalue weighted by molar-refractivity contribution is 5.68. The van der Waals surface area contributed by atoms with Gasteiger partial charge in [-0.1, -0.05) is 43.9 Å². The van der Waals surface area contributed by atoms with Crippen LogP contribution in [0.1, 0.15) is 130 Å². The molecule has 8 nitrogen and oxygen atoms in total. The van der Waals surface area contributed by atoms with Gasteiger partial charge in [-0.25, -0.2) is 9.59 Å². The number of nitrogens with one attached hydrogen (secondary N) is 1. The molecule has 2 amide bonds. The van der Waals surface area contributed by atoms with Gasteiger partial charge in [-0.2, -0.15) is 13.2 Å². The second-order valence-electron chi connectivity index (χ2n) is 16.4. The molecule has 2 aliphatic heterocycles. The van der Waals surface area contributed by atoms with E-state index in [0.717, 1.165) is 64.1 Å². The third-order valence-corrected chi connectivity index (χ3v) is 9.89. The van der Waals surface area contributed by atoms with Crippen LogP contribution in [0.15, 0.2) is 24.3 Å². The molecule has 278 valence electrons. The van der Waals surface area contributed by atoms with Crippen LogP contribution in [0.3, 0.4) is 0 Å². The van der Waals surface area contributed by atoms with E-state index in [0.29, 0.717) is 30.7 Å². The van der Waals surface area contributed by atoms with Crippen LogP contribution in [0.2, 0.25) is 0 Å². The molecular weight excluding hydrogens is 633 g/mol. The first kappa shape index (κ1) is 39.3. The fraction of sp³-hybridized carbons (Fsp3) is 0.789. The van der Waals surface area contributed by atoms with Gasteiger partial charge >= 0.3 is 18.4 Å². The van der Waals surface area contributed by atoms with Crippen LogP contribution >= 0.6 is 0 Å². The Morgan fingerprint density at radius 2 is 1.20 bits per heavy atom. The minimum atomic E-state index is -4.37. The fourth-order valence-electron chi connectivity index (χ4n) is 7.67. The molecule has 2 saturated carbocycles. The number of carbonyl (C=O) groups excluding carboxylic acids is 2. The van der Waals surface area contributed by atoms with Crippen molar-refractivity contribution in [3.8, 4) is 0 Å². The number of ether oxygens (including phenoxy) is 2. The smallest absolute Gasteiger partial charge is 0.416 e. The van der Waals surface area contributed by atoms with E-state index < -0.39 is 22.9 Å². The molecule has 0 unspecified atom stereocenters. The van der Waals surface area contributed by atoms with Crippen LogP contribution in [0.25, 0.3) is 0 Å². The van der Waals surface area contributed by atoms with Crippen molar-refractivity contribution >= 4 is 12.2 Å². The fourth-order valence-corrected chi connectivity index (χ4v) is 7.67. The second-order valence-corrected chi connectivity index (χ2v) is 16.4. The highest BCUT2D eigenvalue weighted by atomic mass is 19.4. The highest BCUT2D eigenvalue weighted by Crippen LogP contribution is 2.35. The van der Waals surface area contributed by atoms with Gasteiger partial charge < -0.3 is 24.6 Å². The molecule has 2 saturated heterocycles. The van der Waals surface area contributed by atoms with Gasteiger partial charge in [0.25, 0.3) is 0 Å². The summed E-state index contributed by atoms with van der Waals surface area (Å²) in [6, 6.07) is 7.27. The molecule has 1 aromatic carbocycles. The Balaban J connectivity index is 0.000000244. The number of amides is 2. The number of likely N-dealkylation sites (tertiary alicyclic amines) is 2. The summed E-state index contributed by atoms with van der Waals surface area (Å²) in [5.41, 5.74) is -1.22. The lowest BCUT2D eigenvalue weighted by Gasteiger charge is -2.42.